The maximum absolute atomic E-state index is 12.8. The number of fused-ring (bicyclic) bond motifs is 1. The minimum absolute atomic E-state index is 0.145. The number of hydrogen-bond donors (Lipinski definition) is 1. The van der Waals surface area contributed by atoms with Gasteiger partial charge in [-0.25, -0.2) is 0 Å². The number of methoxy groups -OCH3 is 1. The summed E-state index contributed by atoms with van der Waals surface area (Å²) in [6.07, 6.45) is 0. The van der Waals surface area contributed by atoms with E-state index in [0.717, 1.165) is 22.4 Å². The second-order valence-corrected chi connectivity index (χ2v) is 9.70. The summed E-state index contributed by atoms with van der Waals surface area (Å²) in [4.78, 5) is 25.2. The van der Waals surface area contributed by atoms with Crippen LogP contribution in [-0.2, 0) is 4.79 Å². The number of ether oxygens (including phenoxy) is 4. The van der Waals surface area contributed by atoms with Crippen LogP contribution in [0.5, 0.6) is 23.1 Å². The number of amides is 1. The normalized spacial score (nSPS) is 11.7. The Morgan fingerprint density at radius 1 is 0.881 bits per heavy atom. The first kappa shape index (κ1) is 26.6. The Morgan fingerprint density at radius 3 is 2.33 bits per heavy atom. The molecule has 0 radical (unpaired) electrons. The molecule has 1 amide bonds. The quantitative estimate of drug-likeness (QED) is 0.229. The molecule has 9 nitrogen and oxygen atoms in total. The van der Waals surface area contributed by atoms with E-state index in [0.29, 0.717) is 39.8 Å². The molecule has 210 valence electrons. The molecule has 1 N–H and O–H groups in total. The summed E-state index contributed by atoms with van der Waals surface area (Å²) in [5, 5.41) is 7.85. The lowest BCUT2D eigenvalue weighted by atomic mass is 10.0. The molecule has 1 aliphatic heterocycles. The summed E-state index contributed by atoms with van der Waals surface area (Å²) in [5.41, 5.74) is 5.56. The van der Waals surface area contributed by atoms with E-state index in [-0.39, 0.29) is 18.6 Å². The lowest BCUT2D eigenvalue weighted by molar-refractivity contribution is -0.132. The fraction of sp³-hybridized carbons (Fsp3) is 0.121. The number of benzene rings is 4. The lowest BCUT2D eigenvalue weighted by Crippen LogP contribution is -2.11. The SMILES string of the molecule is COc1ccc(C(=O)Nc2ccc(-c3c(-c4ccc5c(c4)OCO5)nn(-c4cccc(C)c4)c3OC(C)=O)cc2)cc1. The van der Waals surface area contributed by atoms with Gasteiger partial charge in [0.15, 0.2) is 11.5 Å². The molecular formula is C33H27N3O6. The summed E-state index contributed by atoms with van der Waals surface area (Å²) < 4.78 is 23.7. The number of hydrogen-bond acceptors (Lipinski definition) is 7. The van der Waals surface area contributed by atoms with Crippen LogP contribution < -0.4 is 24.3 Å². The first-order chi connectivity index (χ1) is 20.4. The first-order valence-corrected chi connectivity index (χ1v) is 13.2. The van der Waals surface area contributed by atoms with Crippen molar-refractivity contribution in [2.45, 2.75) is 13.8 Å². The van der Waals surface area contributed by atoms with Crippen LogP contribution in [0.3, 0.4) is 0 Å². The number of carbonyl (C=O) groups excluding carboxylic acids is 2. The van der Waals surface area contributed by atoms with Crippen LogP contribution in [-0.4, -0.2) is 35.6 Å². The molecular weight excluding hydrogens is 534 g/mol. The predicted octanol–water partition coefficient (Wildman–Crippen LogP) is 6.43. The van der Waals surface area contributed by atoms with Crippen LogP contribution in [0.2, 0.25) is 0 Å². The zero-order valence-electron chi connectivity index (χ0n) is 23.2. The van der Waals surface area contributed by atoms with Gasteiger partial charge in [-0.3, -0.25) is 9.59 Å². The Kier molecular flexibility index (Phi) is 7.06. The molecule has 4 aromatic carbocycles. The predicted molar refractivity (Wildman–Crippen MR) is 158 cm³/mol. The van der Waals surface area contributed by atoms with Crippen molar-refractivity contribution in [2.75, 3.05) is 19.2 Å². The monoisotopic (exact) mass is 561 g/mol. The fourth-order valence-electron chi connectivity index (χ4n) is 4.74. The highest BCUT2D eigenvalue weighted by Gasteiger charge is 2.26. The molecule has 0 spiro atoms. The molecule has 6 rings (SSSR count). The van der Waals surface area contributed by atoms with Crippen LogP contribution in [0.25, 0.3) is 28.1 Å². The van der Waals surface area contributed by atoms with Crippen molar-refractivity contribution in [2.24, 2.45) is 0 Å². The molecule has 0 bridgehead atoms. The van der Waals surface area contributed by atoms with E-state index >= 15 is 0 Å². The highest BCUT2D eigenvalue weighted by molar-refractivity contribution is 6.04. The number of aryl methyl sites for hydroxylation is 1. The van der Waals surface area contributed by atoms with Gasteiger partial charge in [0, 0.05) is 23.7 Å². The number of rotatable bonds is 7. The van der Waals surface area contributed by atoms with Gasteiger partial charge in [-0.15, -0.1) is 0 Å². The summed E-state index contributed by atoms with van der Waals surface area (Å²) in [5.74, 6) is 1.47. The van der Waals surface area contributed by atoms with Gasteiger partial charge < -0.3 is 24.3 Å². The van der Waals surface area contributed by atoms with Crippen molar-refractivity contribution in [1.82, 2.24) is 9.78 Å². The van der Waals surface area contributed by atoms with Gasteiger partial charge in [-0.1, -0.05) is 24.3 Å². The van der Waals surface area contributed by atoms with Crippen molar-refractivity contribution < 1.29 is 28.5 Å². The van der Waals surface area contributed by atoms with Crippen molar-refractivity contribution in [3.63, 3.8) is 0 Å². The van der Waals surface area contributed by atoms with Gasteiger partial charge in [-0.05, 0) is 84.8 Å². The van der Waals surface area contributed by atoms with Gasteiger partial charge in [-0.2, -0.15) is 9.78 Å². The Morgan fingerprint density at radius 2 is 1.62 bits per heavy atom. The number of esters is 1. The van der Waals surface area contributed by atoms with E-state index in [9.17, 15) is 9.59 Å². The average molecular weight is 562 g/mol. The molecule has 0 fully saturated rings. The third-order valence-electron chi connectivity index (χ3n) is 6.76. The number of nitrogens with zero attached hydrogens (tertiary/aromatic N) is 2. The van der Waals surface area contributed by atoms with Crippen molar-refractivity contribution >= 4 is 17.6 Å². The Bertz CT molecular complexity index is 1790. The number of anilines is 1. The zero-order chi connectivity index (χ0) is 29.2. The Balaban J connectivity index is 1.43. The molecule has 2 heterocycles. The highest BCUT2D eigenvalue weighted by atomic mass is 16.7. The summed E-state index contributed by atoms with van der Waals surface area (Å²) >= 11 is 0. The second kappa shape index (κ2) is 11.1. The molecule has 0 atom stereocenters. The van der Waals surface area contributed by atoms with Crippen LogP contribution >= 0.6 is 0 Å². The van der Waals surface area contributed by atoms with E-state index < -0.39 is 5.97 Å². The van der Waals surface area contributed by atoms with Crippen LogP contribution in [0.4, 0.5) is 5.69 Å². The van der Waals surface area contributed by atoms with Gasteiger partial charge in [0.2, 0.25) is 12.7 Å². The highest BCUT2D eigenvalue weighted by Crippen LogP contribution is 2.44. The third kappa shape index (κ3) is 5.27. The van der Waals surface area contributed by atoms with Gasteiger partial charge >= 0.3 is 5.97 Å². The smallest absolute Gasteiger partial charge is 0.309 e. The molecule has 0 saturated carbocycles. The third-order valence-corrected chi connectivity index (χ3v) is 6.76. The number of carbonyl (C=O) groups is 2. The largest absolute Gasteiger partial charge is 0.497 e. The second-order valence-electron chi connectivity index (χ2n) is 9.70. The fourth-order valence-corrected chi connectivity index (χ4v) is 4.74. The molecule has 1 aromatic heterocycles. The van der Waals surface area contributed by atoms with Crippen LogP contribution in [0.15, 0.2) is 91.0 Å². The molecule has 5 aromatic rings. The maximum atomic E-state index is 12.8. The number of aromatic nitrogens is 2. The first-order valence-electron chi connectivity index (χ1n) is 13.2. The standard InChI is InChI=1S/C33H27N3O6/c1-20-5-4-6-26(17-20)36-33(42-21(2)37)30(31(35-36)24-11-16-28-29(18-24)41-19-40-28)22-7-12-25(13-8-22)34-32(38)23-9-14-27(39-3)15-10-23/h4-18H,19H2,1-3H3,(H,34,38). The van der Waals surface area contributed by atoms with Crippen molar-refractivity contribution in [1.29, 1.82) is 0 Å². The Labute approximate surface area is 242 Å². The summed E-state index contributed by atoms with van der Waals surface area (Å²) in [6.45, 7) is 3.48. The zero-order valence-corrected chi connectivity index (χ0v) is 23.2. The van der Waals surface area contributed by atoms with Crippen LogP contribution in [0, 0.1) is 6.92 Å². The minimum Gasteiger partial charge on any atom is -0.497 e. The van der Waals surface area contributed by atoms with Crippen molar-refractivity contribution in [3.05, 3.63) is 102 Å². The molecule has 0 unspecified atom stereocenters. The molecule has 1 aliphatic rings. The summed E-state index contributed by atoms with van der Waals surface area (Å²) in [6, 6.07) is 27.5. The topological polar surface area (TPSA) is 101 Å². The average Bonchev–Trinajstić information content (AvgIpc) is 3.62. The molecule has 42 heavy (non-hydrogen) atoms. The minimum atomic E-state index is -0.481. The molecule has 0 aliphatic carbocycles. The number of nitrogens with one attached hydrogen (secondary N) is 1. The molecule has 0 saturated heterocycles. The van der Waals surface area contributed by atoms with Crippen molar-refractivity contribution in [3.8, 4) is 51.2 Å². The Hall–Kier alpha value is -5.57. The summed E-state index contributed by atoms with van der Waals surface area (Å²) in [7, 11) is 1.58. The van der Waals surface area contributed by atoms with E-state index in [2.05, 4.69) is 5.32 Å². The lowest BCUT2D eigenvalue weighted by Gasteiger charge is -2.11. The van der Waals surface area contributed by atoms with Crippen LogP contribution in [0.1, 0.15) is 22.8 Å². The van der Waals surface area contributed by atoms with Gasteiger partial charge in [0.05, 0.1) is 18.4 Å². The van der Waals surface area contributed by atoms with Gasteiger partial charge in [0.25, 0.3) is 5.91 Å². The van der Waals surface area contributed by atoms with E-state index in [1.54, 1.807) is 48.2 Å². The molecule has 9 heteroatoms. The van der Waals surface area contributed by atoms with E-state index in [1.165, 1.54) is 6.92 Å². The van der Waals surface area contributed by atoms with E-state index in [1.807, 2.05) is 61.5 Å². The van der Waals surface area contributed by atoms with Gasteiger partial charge in [0.1, 0.15) is 11.4 Å². The van der Waals surface area contributed by atoms with E-state index in [4.69, 9.17) is 24.0 Å². The maximum Gasteiger partial charge on any atom is 0.309 e.